The van der Waals surface area contributed by atoms with Gasteiger partial charge in [0.1, 0.15) is 22.8 Å². The van der Waals surface area contributed by atoms with Crippen LogP contribution in [-0.4, -0.2) is 92.7 Å². The number of aliphatic hydroxyl groups excluding tert-OH is 2. The molecule has 4 atom stereocenters. The van der Waals surface area contributed by atoms with E-state index in [0.717, 1.165) is 0 Å². The van der Waals surface area contributed by atoms with E-state index in [-0.39, 0.29) is 62.2 Å². The van der Waals surface area contributed by atoms with Crippen molar-refractivity contribution in [2.24, 2.45) is 23.5 Å². The number of likely N-dealkylation sites (tertiary alicyclic amines) is 1. The zero-order valence-electron chi connectivity index (χ0n) is 22.5. The number of Topliss-reactive ketones (excluding diaryl/α,β-unsaturated/α-hetero) is 2. The van der Waals surface area contributed by atoms with Crippen LogP contribution < -0.4 is 5.73 Å². The van der Waals surface area contributed by atoms with Gasteiger partial charge >= 0.3 is 6.18 Å². The summed E-state index contributed by atoms with van der Waals surface area (Å²) in [6.45, 7) is 0.683. The van der Waals surface area contributed by atoms with Crippen molar-refractivity contribution in [1.82, 2.24) is 9.80 Å². The van der Waals surface area contributed by atoms with Crippen LogP contribution >= 0.6 is 0 Å². The number of likely N-dealkylation sites (N-methyl/N-ethyl adjacent to an activating group) is 1. The number of piperidine rings is 1. The lowest BCUT2D eigenvalue weighted by Crippen LogP contribution is -2.65. The monoisotopic (exact) mass is 579 g/mol. The second-order valence-electron chi connectivity index (χ2n) is 11.7. The number of amides is 1. The molecule has 1 amide bonds. The molecule has 2 fully saturated rings. The molecule has 0 aromatic heterocycles. The smallest absolute Gasteiger partial charge is 0.391 e. The van der Waals surface area contributed by atoms with Gasteiger partial charge in [0, 0.05) is 18.0 Å². The summed E-state index contributed by atoms with van der Waals surface area (Å²) < 4.78 is 39.4. The van der Waals surface area contributed by atoms with Crippen molar-refractivity contribution in [2.45, 2.75) is 50.0 Å². The van der Waals surface area contributed by atoms with E-state index in [4.69, 9.17) is 5.73 Å². The summed E-state index contributed by atoms with van der Waals surface area (Å²) in [5, 5.41) is 44.6. The first kappa shape index (κ1) is 29.1. The highest BCUT2D eigenvalue weighted by molar-refractivity contribution is 6.24. The van der Waals surface area contributed by atoms with Crippen LogP contribution in [0.2, 0.25) is 0 Å². The van der Waals surface area contributed by atoms with Crippen molar-refractivity contribution in [3.8, 4) is 5.75 Å². The molecule has 1 aliphatic heterocycles. The highest BCUT2D eigenvalue weighted by Crippen LogP contribution is 2.53. The van der Waals surface area contributed by atoms with Gasteiger partial charge in [0.25, 0.3) is 5.91 Å². The Bertz CT molecular complexity index is 1390. The number of fused-ring (bicyclic) bond motifs is 3. The Labute approximate surface area is 233 Å². The number of halogens is 3. The van der Waals surface area contributed by atoms with Crippen molar-refractivity contribution < 1.29 is 48.0 Å². The van der Waals surface area contributed by atoms with Crippen molar-refractivity contribution in [3.63, 3.8) is 0 Å². The van der Waals surface area contributed by atoms with Crippen molar-refractivity contribution in [1.29, 1.82) is 0 Å². The third-order valence-electron chi connectivity index (χ3n) is 9.15. The number of nitrogens with zero attached hydrogens (tertiary/aromatic N) is 2. The Balaban J connectivity index is 1.55. The van der Waals surface area contributed by atoms with Gasteiger partial charge in [-0.2, -0.15) is 13.2 Å². The quantitative estimate of drug-likeness (QED) is 0.334. The molecular weight excluding hydrogens is 547 g/mol. The van der Waals surface area contributed by atoms with Crippen LogP contribution in [0.15, 0.2) is 29.0 Å². The Morgan fingerprint density at radius 3 is 2.34 bits per heavy atom. The number of hydrogen-bond donors (Lipinski definition) is 5. The van der Waals surface area contributed by atoms with E-state index in [2.05, 4.69) is 0 Å². The predicted molar refractivity (Wildman–Crippen MR) is 138 cm³/mol. The lowest BCUT2D eigenvalue weighted by molar-refractivity contribution is -0.185. The number of phenols is 1. The summed E-state index contributed by atoms with van der Waals surface area (Å²) in [4.78, 5) is 42.5. The van der Waals surface area contributed by atoms with E-state index >= 15 is 0 Å². The molecule has 1 aromatic rings. The zero-order chi connectivity index (χ0) is 30.2. The number of nitrogens with two attached hydrogens (primary N) is 1. The normalized spacial score (nSPS) is 29.5. The maximum absolute atomic E-state index is 13.9. The van der Waals surface area contributed by atoms with Crippen LogP contribution in [0.3, 0.4) is 0 Å². The molecule has 6 N–H and O–H groups in total. The molecule has 0 unspecified atom stereocenters. The topological polar surface area (TPSA) is 165 Å². The first-order valence-electron chi connectivity index (χ1n) is 13.4. The molecule has 1 aromatic carbocycles. The van der Waals surface area contributed by atoms with Gasteiger partial charge in [-0.05, 0) is 76.0 Å². The molecule has 5 rings (SSSR count). The van der Waals surface area contributed by atoms with E-state index in [1.165, 1.54) is 25.1 Å². The molecule has 10 nitrogen and oxygen atoms in total. The summed E-state index contributed by atoms with van der Waals surface area (Å²) >= 11 is 0. The summed E-state index contributed by atoms with van der Waals surface area (Å²) in [7, 11) is 3.04. The second-order valence-corrected chi connectivity index (χ2v) is 11.7. The average Bonchev–Trinajstić information content (AvgIpc) is 2.87. The average molecular weight is 580 g/mol. The molecule has 1 heterocycles. The Kier molecular flexibility index (Phi) is 6.98. The van der Waals surface area contributed by atoms with E-state index < -0.39 is 70.1 Å². The van der Waals surface area contributed by atoms with Crippen LogP contribution in [0.5, 0.6) is 5.75 Å². The fourth-order valence-corrected chi connectivity index (χ4v) is 7.12. The molecule has 0 radical (unpaired) electrons. The largest absolute Gasteiger partial charge is 0.508 e. The molecular formula is C28H32F3N3O7. The highest BCUT2D eigenvalue weighted by atomic mass is 19.4. The number of ketones is 2. The maximum atomic E-state index is 13.9. The lowest BCUT2D eigenvalue weighted by atomic mass is 9.57. The van der Waals surface area contributed by atoms with Gasteiger partial charge < -0.3 is 26.2 Å². The number of hydrogen-bond acceptors (Lipinski definition) is 9. The third-order valence-corrected chi connectivity index (χ3v) is 9.15. The number of primary amides is 1. The minimum Gasteiger partial charge on any atom is -0.508 e. The molecule has 222 valence electrons. The number of benzene rings is 1. The standard InChI is InChI=1S/C28H32F3N3O7/c1-33(2)21-16-10-13-9-15-12(11-34-7-5-14(6-8-34)28(29,30)31)3-4-17(35)19(15)22(36)18(13)24(38)27(16,41)25(39)20(23(21)37)26(32)40/h3-4,13-14,16,21,35-36,39,41H,5-11H2,1-2H3,(H2,32,40)/t13-,16-,21+,27-/m0/s1. The Morgan fingerprint density at radius 1 is 1.15 bits per heavy atom. The number of aromatic hydroxyl groups is 1. The van der Waals surface area contributed by atoms with Crippen molar-refractivity contribution in [3.05, 3.63) is 45.7 Å². The zero-order valence-corrected chi connectivity index (χ0v) is 22.5. The van der Waals surface area contributed by atoms with E-state index in [1.807, 2.05) is 4.90 Å². The molecule has 0 bridgehead atoms. The number of carbonyl (C=O) groups is 3. The molecule has 3 aliphatic carbocycles. The van der Waals surface area contributed by atoms with Gasteiger partial charge in [0.2, 0.25) is 5.78 Å². The van der Waals surface area contributed by atoms with Crippen LogP contribution in [0, 0.1) is 17.8 Å². The fourth-order valence-electron chi connectivity index (χ4n) is 7.12. The van der Waals surface area contributed by atoms with Crippen LogP contribution in [-0.2, 0) is 27.3 Å². The van der Waals surface area contributed by atoms with Gasteiger partial charge in [0.05, 0.1) is 17.5 Å². The highest BCUT2D eigenvalue weighted by Gasteiger charge is 2.64. The van der Waals surface area contributed by atoms with E-state index in [0.29, 0.717) is 11.1 Å². The van der Waals surface area contributed by atoms with E-state index in [1.54, 1.807) is 6.07 Å². The molecule has 41 heavy (non-hydrogen) atoms. The maximum Gasteiger partial charge on any atom is 0.391 e. The number of alkyl halides is 3. The Hall–Kier alpha value is -3.42. The molecule has 4 aliphatic rings. The number of carbonyl (C=O) groups excluding carboxylic acids is 3. The first-order valence-corrected chi connectivity index (χ1v) is 13.4. The number of rotatable bonds is 4. The van der Waals surface area contributed by atoms with Gasteiger partial charge in [-0.1, -0.05) is 6.07 Å². The van der Waals surface area contributed by atoms with Gasteiger partial charge in [-0.25, -0.2) is 0 Å². The predicted octanol–water partition coefficient (Wildman–Crippen LogP) is 1.74. The van der Waals surface area contributed by atoms with Gasteiger partial charge in [-0.3, -0.25) is 24.2 Å². The SMILES string of the molecule is CN(C)[C@H]1C(=O)C(C(N)=O)=C(O)[C@@]2(O)C(=O)C3=C(O)c4c(O)ccc(CN5CCC(C(F)(F)F)CC5)c4C[C@H]3C[C@@H]12. The first-order chi connectivity index (χ1) is 19.1. The minimum atomic E-state index is -4.25. The molecule has 0 spiro atoms. The summed E-state index contributed by atoms with van der Waals surface area (Å²) in [6, 6.07) is 1.76. The molecule has 1 saturated carbocycles. The number of aliphatic hydroxyl groups is 3. The lowest BCUT2D eigenvalue weighted by Gasteiger charge is -2.50. The van der Waals surface area contributed by atoms with E-state index in [9.17, 15) is 48.0 Å². The van der Waals surface area contributed by atoms with Gasteiger partial charge in [0.15, 0.2) is 11.4 Å². The van der Waals surface area contributed by atoms with Crippen molar-refractivity contribution in [2.75, 3.05) is 27.2 Å². The van der Waals surface area contributed by atoms with Crippen LogP contribution in [0.1, 0.15) is 36.0 Å². The van der Waals surface area contributed by atoms with Crippen molar-refractivity contribution >= 4 is 23.2 Å². The van der Waals surface area contributed by atoms with Crippen LogP contribution in [0.25, 0.3) is 5.76 Å². The minimum absolute atomic E-state index is 0.0380. The molecule has 13 heteroatoms. The summed E-state index contributed by atoms with van der Waals surface area (Å²) in [6.07, 6.45) is -4.25. The summed E-state index contributed by atoms with van der Waals surface area (Å²) in [5.74, 6) is -8.63. The second kappa shape index (κ2) is 9.85. The molecule has 1 saturated heterocycles. The van der Waals surface area contributed by atoms with Crippen LogP contribution in [0.4, 0.5) is 13.2 Å². The fraction of sp³-hybridized carbons (Fsp3) is 0.536. The summed E-state index contributed by atoms with van der Waals surface area (Å²) in [5.41, 5.74) is 2.60. The number of phenolic OH excluding ortho intramolecular Hbond substituents is 1. The third kappa shape index (κ3) is 4.41. The Morgan fingerprint density at radius 2 is 1.78 bits per heavy atom. The van der Waals surface area contributed by atoms with Gasteiger partial charge in [-0.15, -0.1) is 0 Å².